The minimum atomic E-state index is 0.0107. The highest BCUT2D eigenvalue weighted by Crippen LogP contribution is 2.21. The first kappa shape index (κ1) is 13.6. The summed E-state index contributed by atoms with van der Waals surface area (Å²) in [7, 11) is 0. The van der Waals surface area contributed by atoms with Gasteiger partial charge in [0.25, 0.3) is 5.91 Å². The Bertz CT molecular complexity index is 577. The molecule has 100 valence electrons. The Hall–Kier alpha value is -1.81. The Morgan fingerprint density at radius 1 is 1.37 bits per heavy atom. The fourth-order valence-electron chi connectivity index (χ4n) is 1.99. The van der Waals surface area contributed by atoms with Crippen LogP contribution in [-0.2, 0) is 6.54 Å². The third-order valence-electron chi connectivity index (χ3n) is 3.01. The molecule has 0 aliphatic carbocycles. The third kappa shape index (κ3) is 3.15. The van der Waals surface area contributed by atoms with Crippen LogP contribution in [0, 0.1) is 6.92 Å². The van der Waals surface area contributed by atoms with Gasteiger partial charge < -0.3 is 10.6 Å². The second-order valence-corrected chi connectivity index (χ2v) is 5.43. The Morgan fingerprint density at radius 2 is 2.16 bits per heavy atom. The second-order valence-electron chi connectivity index (χ2n) is 4.51. The summed E-state index contributed by atoms with van der Waals surface area (Å²) in [6.07, 6.45) is 0. The van der Waals surface area contributed by atoms with Gasteiger partial charge in [-0.25, -0.2) is 0 Å². The van der Waals surface area contributed by atoms with Crippen LogP contribution in [0.1, 0.15) is 27.7 Å². The van der Waals surface area contributed by atoms with Gasteiger partial charge in [-0.05, 0) is 30.9 Å². The molecule has 2 rings (SSSR count). The zero-order valence-corrected chi connectivity index (χ0v) is 12.0. The lowest BCUT2D eigenvalue weighted by atomic mass is 10.1. The number of carbonyl (C=O) groups is 1. The number of hydrogen-bond donors (Lipinski definition) is 1. The number of nitrogens with two attached hydrogens (primary N) is 1. The van der Waals surface area contributed by atoms with Crippen LogP contribution in [0.2, 0.25) is 0 Å². The van der Waals surface area contributed by atoms with Gasteiger partial charge in [0, 0.05) is 13.1 Å². The van der Waals surface area contributed by atoms with Gasteiger partial charge in [-0.15, -0.1) is 11.3 Å². The summed E-state index contributed by atoms with van der Waals surface area (Å²) in [6, 6.07) is 9.99. The quantitative estimate of drug-likeness (QED) is 0.929. The largest absolute Gasteiger partial charge is 0.397 e. The number of rotatable bonds is 4. The van der Waals surface area contributed by atoms with Crippen molar-refractivity contribution in [1.82, 2.24) is 4.90 Å². The van der Waals surface area contributed by atoms with Gasteiger partial charge in [0.15, 0.2) is 0 Å². The summed E-state index contributed by atoms with van der Waals surface area (Å²) in [6.45, 7) is 5.33. The van der Waals surface area contributed by atoms with Crippen molar-refractivity contribution in [2.75, 3.05) is 12.3 Å². The zero-order chi connectivity index (χ0) is 13.8. The molecule has 4 heteroatoms. The summed E-state index contributed by atoms with van der Waals surface area (Å²) < 4.78 is 0. The van der Waals surface area contributed by atoms with Crippen LogP contribution in [0.5, 0.6) is 0 Å². The van der Waals surface area contributed by atoms with Crippen LogP contribution in [0.15, 0.2) is 35.7 Å². The molecule has 0 unspecified atom stereocenters. The van der Waals surface area contributed by atoms with Gasteiger partial charge in [-0.3, -0.25) is 4.79 Å². The number of carbonyl (C=O) groups excluding carboxylic acids is 1. The molecule has 0 spiro atoms. The van der Waals surface area contributed by atoms with Crippen LogP contribution in [-0.4, -0.2) is 17.4 Å². The predicted octanol–water partition coefficient (Wildman–Crippen LogP) is 3.30. The van der Waals surface area contributed by atoms with E-state index in [0.29, 0.717) is 23.7 Å². The van der Waals surface area contributed by atoms with E-state index >= 15 is 0 Å². The maximum absolute atomic E-state index is 12.4. The summed E-state index contributed by atoms with van der Waals surface area (Å²) in [4.78, 5) is 14.9. The molecule has 0 bridgehead atoms. The third-order valence-corrected chi connectivity index (χ3v) is 3.93. The number of aryl methyl sites for hydroxylation is 1. The molecule has 2 N–H and O–H groups in total. The molecule has 0 radical (unpaired) electrons. The van der Waals surface area contributed by atoms with Crippen LogP contribution in [0.25, 0.3) is 0 Å². The van der Waals surface area contributed by atoms with E-state index in [1.165, 1.54) is 16.9 Å². The van der Waals surface area contributed by atoms with E-state index in [4.69, 9.17) is 5.73 Å². The molecule has 1 amide bonds. The van der Waals surface area contributed by atoms with Crippen LogP contribution < -0.4 is 5.73 Å². The van der Waals surface area contributed by atoms with Crippen molar-refractivity contribution >= 4 is 22.9 Å². The van der Waals surface area contributed by atoms with Crippen molar-refractivity contribution in [1.29, 1.82) is 0 Å². The van der Waals surface area contributed by atoms with Crippen LogP contribution in [0.4, 0.5) is 5.69 Å². The fraction of sp³-hybridized carbons (Fsp3) is 0.267. The van der Waals surface area contributed by atoms with Gasteiger partial charge in [0.2, 0.25) is 0 Å². The smallest absolute Gasteiger partial charge is 0.266 e. The van der Waals surface area contributed by atoms with E-state index in [0.717, 1.165) is 5.56 Å². The summed E-state index contributed by atoms with van der Waals surface area (Å²) in [5.41, 5.74) is 8.73. The Kier molecular flexibility index (Phi) is 4.22. The van der Waals surface area contributed by atoms with E-state index < -0.39 is 0 Å². The van der Waals surface area contributed by atoms with Gasteiger partial charge in [0.1, 0.15) is 4.88 Å². The molecule has 0 saturated carbocycles. The molecule has 1 aromatic heterocycles. The molecule has 0 aliphatic heterocycles. The van der Waals surface area contributed by atoms with Gasteiger partial charge >= 0.3 is 0 Å². The number of benzene rings is 1. The molecule has 19 heavy (non-hydrogen) atoms. The Morgan fingerprint density at radius 3 is 2.74 bits per heavy atom. The van der Waals surface area contributed by atoms with Crippen molar-refractivity contribution < 1.29 is 4.79 Å². The number of amides is 1. The monoisotopic (exact) mass is 274 g/mol. The maximum atomic E-state index is 12.4. The molecule has 1 aromatic carbocycles. The normalized spacial score (nSPS) is 10.4. The minimum absolute atomic E-state index is 0.0107. The van der Waals surface area contributed by atoms with Crippen LogP contribution >= 0.6 is 11.3 Å². The molecule has 0 atom stereocenters. The van der Waals surface area contributed by atoms with Crippen molar-refractivity contribution in [3.63, 3.8) is 0 Å². The molecule has 0 saturated heterocycles. The van der Waals surface area contributed by atoms with E-state index in [-0.39, 0.29) is 5.91 Å². The molecule has 2 aromatic rings. The average molecular weight is 274 g/mol. The van der Waals surface area contributed by atoms with Gasteiger partial charge in [-0.1, -0.05) is 29.8 Å². The number of anilines is 1. The number of thiophene rings is 1. The van der Waals surface area contributed by atoms with E-state index in [9.17, 15) is 4.79 Å². The van der Waals surface area contributed by atoms with Crippen molar-refractivity contribution in [2.45, 2.75) is 20.4 Å². The summed E-state index contributed by atoms with van der Waals surface area (Å²) in [5, 5.41) is 1.85. The van der Waals surface area contributed by atoms with Crippen LogP contribution in [0.3, 0.4) is 0 Å². The Labute approximate surface area is 117 Å². The molecule has 0 aliphatic rings. The molecular weight excluding hydrogens is 256 g/mol. The fourth-order valence-corrected chi connectivity index (χ4v) is 2.78. The van der Waals surface area contributed by atoms with E-state index in [2.05, 4.69) is 19.1 Å². The Balaban J connectivity index is 2.17. The van der Waals surface area contributed by atoms with E-state index in [1.807, 2.05) is 29.3 Å². The molecular formula is C15H18N2OS. The maximum Gasteiger partial charge on any atom is 0.266 e. The highest BCUT2D eigenvalue weighted by atomic mass is 32.1. The lowest BCUT2D eigenvalue weighted by molar-refractivity contribution is 0.0758. The number of nitrogen functional groups attached to an aromatic ring is 1. The lowest BCUT2D eigenvalue weighted by Crippen LogP contribution is -2.30. The van der Waals surface area contributed by atoms with Gasteiger partial charge in [-0.2, -0.15) is 0 Å². The van der Waals surface area contributed by atoms with Crippen molar-refractivity contribution in [2.24, 2.45) is 0 Å². The first-order valence-corrected chi connectivity index (χ1v) is 7.17. The SMILES string of the molecule is CCN(Cc1cccc(C)c1)C(=O)c1sccc1N. The van der Waals surface area contributed by atoms with Crippen molar-refractivity contribution in [3.05, 3.63) is 51.7 Å². The standard InChI is InChI=1S/C15H18N2OS/c1-3-17(10-12-6-4-5-11(2)9-12)15(18)14-13(16)7-8-19-14/h4-9H,3,10,16H2,1-2H3. The molecule has 0 fully saturated rings. The van der Waals surface area contributed by atoms with Gasteiger partial charge in [0.05, 0.1) is 5.69 Å². The number of nitrogens with zero attached hydrogens (tertiary/aromatic N) is 1. The second kappa shape index (κ2) is 5.89. The highest BCUT2D eigenvalue weighted by Gasteiger charge is 2.18. The minimum Gasteiger partial charge on any atom is -0.397 e. The van der Waals surface area contributed by atoms with E-state index in [1.54, 1.807) is 6.07 Å². The topological polar surface area (TPSA) is 46.3 Å². The predicted molar refractivity (Wildman–Crippen MR) is 80.3 cm³/mol. The first-order chi connectivity index (χ1) is 9.11. The lowest BCUT2D eigenvalue weighted by Gasteiger charge is -2.20. The molecule has 1 heterocycles. The zero-order valence-electron chi connectivity index (χ0n) is 11.2. The van der Waals surface area contributed by atoms with Crippen molar-refractivity contribution in [3.8, 4) is 0 Å². The first-order valence-electron chi connectivity index (χ1n) is 6.29. The summed E-state index contributed by atoms with van der Waals surface area (Å²) in [5.74, 6) is 0.0107. The highest BCUT2D eigenvalue weighted by molar-refractivity contribution is 7.12. The average Bonchev–Trinajstić information content (AvgIpc) is 2.81. The summed E-state index contributed by atoms with van der Waals surface area (Å²) >= 11 is 1.40. The molecule has 3 nitrogen and oxygen atoms in total. The number of hydrogen-bond acceptors (Lipinski definition) is 3.